The molecule has 9 heteroatoms. The highest BCUT2D eigenvalue weighted by Crippen LogP contribution is 2.21. The molecule has 1 atom stereocenters. The van der Waals surface area contributed by atoms with Gasteiger partial charge in [-0.2, -0.15) is 13.2 Å². The Morgan fingerprint density at radius 1 is 1.42 bits per heavy atom. The standard InChI is InChI=1S/C17H23F3N2O4/c1-2-25-16(24)13-5-3-7-21(9-13)11-15(23)22(12-17(18,19)20)10-14-6-4-8-26-14/h4,6,8,13H,2-3,5,7,9-12H2,1H3. The Morgan fingerprint density at radius 2 is 2.19 bits per heavy atom. The quantitative estimate of drug-likeness (QED) is 0.684. The Bertz CT molecular complexity index is 589. The maximum Gasteiger partial charge on any atom is 0.406 e. The molecule has 0 N–H and O–H groups in total. The molecule has 1 fully saturated rings. The van der Waals surface area contributed by atoms with Gasteiger partial charge in [-0.1, -0.05) is 0 Å². The zero-order valence-corrected chi connectivity index (χ0v) is 14.6. The van der Waals surface area contributed by atoms with E-state index in [4.69, 9.17) is 9.15 Å². The van der Waals surface area contributed by atoms with Crippen LogP contribution in [0.4, 0.5) is 13.2 Å². The molecule has 2 heterocycles. The van der Waals surface area contributed by atoms with E-state index in [0.29, 0.717) is 25.9 Å². The van der Waals surface area contributed by atoms with E-state index in [0.717, 1.165) is 4.90 Å². The minimum atomic E-state index is -4.50. The zero-order chi connectivity index (χ0) is 19.2. The van der Waals surface area contributed by atoms with Gasteiger partial charge in [-0.25, -0.2) is 0 Å². The van der Waals surface area contributed by atoms with Gasteiger partial charge in [-0.15, -0.1) is 0 Å². The molecule has 26 heavy (non-hydrogen) atoms. The molecule has 0 radical (unpaired) electrons. The van der Waals surface area contributed by atoms with E-state index in [9.17, 15) is 22.8 Å². The van der Waals surface area contributed by atoms with Gasteiger partial charge in [-0.3, -0.25) is 14.5 Å². The Morgan fingerprint density at radius 3 is 2.81 bits per heavy atom. The van der Waals surface area contributed by atoms with Crippen LogP contribution in [0.15, 0.2) is 22.8 Å². The fourth-order valence-corrected chi connectivity index (χ4v) is 2.98. The molecule has 0 bridgehead atoms. The van der Waals surface area contributed by atoms with Crippen molar-refractivity contribution in [1.82, 2.24) is 9.80 Å². The molecule has 1 unspecified atom stereocenters. The van der Waals surface area contributed by atoms with Crippen LogP contribution in [0, 0.1) is 5.92 Å². The van der Waals surface area contributed by atoms with E-state index < -0.39 is 18.6 Å². The lowest BCUT2D eigenvalue weighted by molar-refractivity contribution is -0.164. The number of likely N-dealkylation sites (tertiary alicyclic amines) is 1. The lowest BCUT2D eigenvalue weighted by Crippen LogP contribution is -2.47. The molecule has 6 nitrogen and oxygen atoms in total. The fraction of sp³-hybridized carbons (Fsp3) is 0.647. The summed E-state index contributed by atoms with van der Waals surface area (Å²) in [6.45, 7) is 1.09. The highest BCUT2D eigenvalue weighted by atomic mass is 19.4. The van der Waals surface area contributed by atoms with Crippen molar-refractivity contribution in [2.45, 2.75) is 32.5 Å². The molecule has 1 aliphatic heterocycles. The fourth-order valence-electron chi connectivity index (χ4n) is 2.98. The lowest BCUT2D eigenvalue weighted by atomic mass is 9.98. The van der Waals surface area contributed by atoms with Crippen molar-refractivity contribution in [3.63, 3.8) is 0 Å². The predicted octanol–water partition coefficient (Wildman–Crippen LogP) is 2.45. The van der Waals surface area contributed by atoms with Crippen LogP contribution in [0.25, 0.3) is 0 Å². The summed E-state index contributed by atoms with van der Waals surface area (Å²) in [7, 11) is 0. The van der Waals surface area contributed by atoms with Crippen molar-refractivity contribution in [3.05, 3.63) is 24.2 Å². The van der Waals surface area contributed by atoms with Gasteiger partial charge in [0.15, 0.2) is 0 Å². The number of ether oxygens (including phenoxy) is 1. The van der Waals surface area contributed by atoms with E-state index >= 15 is 0 Å². The second kappa shape index (κ2) is 9.07. The molecule has 0 saturated carbocycles. The molecule has 1 saturated heterocycles. The number of rotatable bonds is 7. The van der Waals surface area contributed by atoms with E-state index in [2.05, 4.69) is 0 Å². The topological polar surface area (TPSA) is 63.0 Å². The van der Waals surface area contributed by atoms with E-state index in [-0.39, 0.29) is 37.3 Å². The first-order valence-electron chi connectivity index (χ1n) is 8.54. The monoisotopic (exact) mass is 376 g/mol. The predicted molar refractivity (Wildman–Crippen MR) is 86.0 cm³/mol. The molecule has 146 valence electrons. The second-order valence-corrected chi connectivity index (χ2v) is 6.27. The third-order valence-corrected chi connectivity index (χ3v) is 4.13. The Labute approximate surface area is 149 Å². The first-order valence-corrected chi connectivity index (χ1v) is 8.54. The van der Waals surface area contributed by atoms with Gasteiger partial charge in [0.2, 0.25) is 5.91 Å². The maximum absolute atomic E-state index is 12.8. The van der Waals surface area contributed by atoms with Crippen molar-refractivity contribution in [1.29, 1.82) is 0 Å². The van der Waals surface area contributed by atoms with Crippen LogP contribution in [0.5, 0.6) is 0 Å². The van der Waals surface area contributed by atoms with Crippen LogP contribution in [0.2, 0.25) is 0 Å². The number of nitrogens with zero attached hydrogens (tertiary/aromatic N) is 2. The van der Waals surface area contributed by atoms with Crippen molar-refractivity contribution in [2.75, 3.05) is 32.8 Å². The number of esters is 1. The van der Waals surface area contributed by atoms with Gasteiger partial charge in [0.25, 0.3) is 0 Å². The smallest absolute Gasteiger partial charge is 0.406 e. The molecule has 1 amide bonds. The van der Waals surface area contributed by atoms with Crippen LogP contribution in [0.1, 0.15) is 25.5 Å². The average molecular weight is 376 g/mol. The van der Waals surface area contributed by atoms with Crippen LogP contribution >= 0.6 is 0 Å². The number of hydrogen-bond donors (Lipinski definition) is 0. The lowest BCUT2D eigenvalue weighted by Gasteiger charge is -2.32. The zero-order valence-electron chi connectivity index (χ0n) is 14.6. The third kappa shape index (κ3) is 6.36. The molecule has 2 rings (SSSR count). The van der Waals surface area contributed by atoms with Crippen molar-refractivity contribution < 1.29 is 31.9 Å². The number of amides is 1. The summed E-state index contributed by atoms with van der Waals surface area (Å²) < 4.78 is 48.5. The molecule has 0 spiro atoms. The minimum absolute atomic E-state index is 0.174. The van der Waals surface area contributed by atoms with E-state index in [1.54, 1.807) is 17.9 Å². The Hall–Kier alpha value is -2.03. The molecule has 1 aromatic heterocycles. The van der Waals surface area contributed by atoms with Crippen molar-refractivity contribution >= 4 is 11.9 Å². The largest absolute Gasteiger partial charge is 0.467 e. The van der Waals surface area contributed by atoms with Crippen LogP contribution < -0.4 is 0 Å². The van der Waals surface area contributed by atoms with Gasteiger partial charge in [-0.05, 0) is 38.4 Å². The molecule has 1 aliphatic rings. The molecule has 0 aliphatic carbocycles. The summed E-state index contributed by atoms with van der Waals surface area (Å²) >= 11 is 0. The third-order valence-electron chi connectivity index (χ3n) is 4.13. The first-order chi connectivity index (χ1) is 12.3. The molecule has 0 aromatic carbocycles. The average Bonchev–Trinajstić information content (AvgIpc) is 3.06. The van der Waals surface area contributed by atoms with Gasteiger partial charge >= 0.3 is 12.1 Å². The summed E-state index contributed by atoms with van der Waals surface area (Å²) in [5, 5.41) is 0. The van der Waals surface area contributed by atoms with Crippen LogP contribution in [-0.4, -0.2) is 60.6 Å². The maximum atomic E-state index is 12.8. The van der Waals surface area contributed by atoms with Crippen molar-refractivity contribution in [2.24, 2.45) is 5.92 Å². The summed E-state index contributed by atoms with van der Waals surface area (Å²) in [4.78, 5) is 26.7. The van der Waals surface area contributed by atoms with E-state index in [1.165, 1.54) is 12.3 Å². The highest BCUT2D eigenvalue weighted by molar-refractivity contribution is 5.78. The number of alkyl halides is 3. The summed E-state index contributed by atoms with van der Waals surface area (Å²) in [6, 6.07) is 3.08. The minimum Gasteiger partial charge on any atom is -0.467 e. The molecular weight excluding hydrogens is 353 g/mol. The van der Waals surface area contributed by atoms with Crippen molar-refractivity contribution in [3.8, 4) is 0 Å². The highest BCUT2D eigenvalue weighted by Gasteiger charge is 2.35. The summed E-state index contributed by atoms with van der Waals surface area (Å²) in [5.41, 5.74) is 0. The van der Waals surface area contributed by atoms with Crippen LogP contribution in [-0.2, 0) is 20.9 Å². The van der Waals surface area contributed by atoms with Gasteiger partial charge < -0.3 is 14.1 Å². The number of piperidine rings is 1. The number of hydrogen-bond acceptors (Lipinski definition) is 5. The molecular formula is C17H23F3N2O4. The normalized spacial score (nSPS) is 18.5. The van der Waals surface area contributed by atoms with Gasteiger partial charge in [0.05, 0.1) is 31.9 Å². The summed E-state index contributed by atoms with van der Waals surface area (Å²) in [6.07, 6.45) is -1.81. The SMILES string of the molecule is CCOC(=O)C1CCCN(CC(=O)N(Cc2ccco2)CC(F)(F)F)C1. The Kier molecular flexibility index (Phi) is 7.07. The number of carbonyl (C=O) groups is 2. The number of furan rings is 1. The van der Waals surface area contributed by atoms with Crippen LogP contribution in [0.3, 0.4) is 0 Å². The molecule has 1 aromatic rings. The first kappa shape index (κ1) is 20.3. The number of carbonyl (C=O) groups excluding carboxylic acids is 2. The van der Waals surface area contributed by atoms with Gasteiger partial charge in [0, 0.05) is 6.54 Å². The van der Waals surface area contributed by atoms with E-state index in [1.807, 2.05) is 0 Å². The number of halogens is 3. The summed E-state index contributed by atoms with van der Waals surface area (Å²) in [5.74, 6) is -1.04. The Balaban J connectivity index is 1.97. The second-order valence-electron chi connectivity index (χ2n) is 6.27. The van der Waals surface area contributed by atoms with Gasteiger partial charge in [0.1, 0.15) is 12.3 Å².